The number of hydrogen-bond donors (Lipinski definition) is 1. The monoisotopic (exact) mass is 658 g/mol. The van der Waals surface area contributed by atoms with Crippen molar-refractivity contribution in [3.8, 4) is 0 Å². The highest BCUT2D eigenvalue weighted by Gasteiger charge is 2.17. The Morgan fingerprint density at radius 1 is 0.660 bits per heavy atom. The Labute approximate surface area is 291 Å². The van der Waals surface area contributed by atoms with Crippen molar-refractivity contribution in [3.63, 3.8) is 0 Å². The lowest BCUT2D eigenvalue weighted by molar-refractivity contribution is -0.705. The quantitative estimate of drug-likeness (QED) is 0.0342. The molecule has 0 unspecified atom stereocenters. The molecule has 1 aromatic heterocycles. The van der Waals surface area contributed by atoms with Crippen LogP contribution >= 0.6 is 0 Å². The summed E-state index contributed by atoms with van der Waals surface area (Å²) in [4.78, 5) is 12.3. The Hall–Kier alpha value is -1.88. The lowest BCUT2D eigenvalue weighted by atomic mass is 10.1. The zero-order valence-corrected chi connectivity index (χ0v) is 31.2. The SMILES string of the molecule is CCCCCCCC/C=C\CCCCCCCC(=O)OCCn1cc[n+](CCO)c1CCCCCCC/C=C\CCCCCCCC. The van der Waals surface area contributed by atoms with Crippen LogP contribution in [0.5, 0.6) is 0 Å². The normalized spacial score (nSPS) is 11.8. The summed E-state index contributed by atoms with van der Waals surface area (Å²) in [6, 6.07) is 0. The maximum absolute atomic E-state index is 12.3. The molecule has 1 aromatic rings. The summed E-state index contributed by atoms with van der Waals surface area (Å²) >= 11 is 0. The minimum absolute atomic E-state index is 0.0724. The minimum atomic E-state index is -0.0724. The molecular formula is C42H77N2O3+. The van der Waals surface area contributed by atoms with Crippen molar-refractivity contribution in [1.82, 2.24) is 4.57 Å². The van der Waals surface area contributed by atoms with Gasteiger partial charge in [0, 0.05) is 12.8 Å². The molecule has 0 fully saturated rings. The van der Waals surface area contributed by atoms with Gasteiger partial charge in [-0.25, -0.2) is 9.13 Å². The second kappa shape index (κ2) is 34.0. The molecule has 0 aliphatic carbocycles. The fraction of sp³-hybridized carbons (Fsp3) is 0.810. The van der Waals surface area contributed by atoms with E-state index < -0.39 is 0 Å². The highest BCUT2D eigenvalue weighted by atomic mass is 16.5. The van der Waals surface area contributed by atoms with Crippen molar-refractivity contribution >= 4 is 5.97 Å². The predicted octanol–water partition coefficient (Wildman–Crippen LogP) is 11.5. The summed E-state index contributed by atoms with van der Waals surface area (Å²) < 4.78 is 9.95. The Bertz CT molecular complexity index is 875. The van der Waals surface area contributed by atoms with Crippen LogP contribution in [0, 0.1) is 0 Å². The number of aliphatic hydroxyl groups is 1. The lowest BCUT2D eigenvalue weighted by Crippen LogP contribution is -2.39. The molecule has 0 atom stereocenters. The zero-order chi connectivity index (χ0) is 33.9. The van der Waals surface area contributed by atoms with Crippen LogP contribution in [-0.2, 0) is 29.0 Å². The van der Waals surface area contributed by atoms with Gasteiger partial charge in [-0.05, 0) is 64.2 Å². The third-order valence-electron chi connectivity index (χ3n) is 9.33. The number of unbranched alkanes of at least 4 members (excludes halogenated alkanes) is 22. The van der Waals surface area contributed by atoms with E-state index in [1.807, 2.05) is 0 Å². The van der Waals surface area contributed by atoms with Gasteiger partial charge in [-0.3, -0.25) is 4.79 Å². The molecule has 272 valence electrons. The van der Waals surface area contributed by atoms with E-state index in [-0.39, 0.29) is 12.6 Å². The lowest BCUT2D eigenvalue weighted by Gasteiger charge is -2.07. The van der Waals surface area contributed by atoms with E-state index in [9.17, 15) is 9.90 Å². The number of carbonyl (C=O) groups excluding carboxylic acids is 1. The third-order valence-corrected chi connectivity index (χ3v) is 9.33. The molecule has 5 heteroatoms. The van der Waals surface area contributed by atoms with Crippen LogP contribution < -0.4 is 4.57 Å². The first-order valence-corrected chi connectivity index (χ1v) is 20.4. The summed E-state index contributed by atoms with van der Waals surface area (Å²) in [5.41, 5.74) is 0. The number of carbonyl (C=O) groups is 1. The van der Waals surface area contributed by atoms with Crippen molar-refractivity contribution in [1.29, 1.82) is 0 Å². The largest absolute Gasteiger partial charge is 0.461 e. The van der Waals surface area contributed by atoms with Crippen LogP contribution in [0.3, 0.4) is 0 Å². The Morgan fingerprint density at radius 2 is 1.11 bits per heavy atom. The van der Waals surface area contributed by atoms with Gasteiger partial charge < -0.3 is 9.84 Å². The average molecular weight is 658 g/mol. The average Bonchev–Trinajstić information content (AvgIpc) is 3.45. The van der Waals surface area contributed by atoms with Crippen LogP contribution in [0.4, 0.5) is 0 Å². The fourth-order valence-electron chi connectivity index (χ4n) is 6.32. The second-order valence-corrected chi connectivity index (χ2v) is 13.7. The summed E-state index contributed by atoms with van der Waals surface area (Å²) in [7, 11) is 0. The summed E-state index contributed by atoms with van der Waals surface area (Å²) in [6.45, 7) is 6.39. The highest BCUT2D eigenvalue weighted by molar-refractivity contribution is 5.69. The number of hydrogen-bond acceptors (Lipinski definition) is 3. The molecule has 5 nitrogen and oxygen atoms in total. The highest BCUT2D eigenvalue weighted by Crippen LogP contribution is 2.13. The first-order chi connectivity index (χ1) is 23.2. The van der Waals surface area contributed by atoms with Crippen molar-refractivity contribution < 1.29 is 19.2 Å². The molecule has 0 bridgehead atoms. The third kappa shape index (κ3) is 26.7. The number of nitrogens with zero attached hydrogens (tertiary/aromatic N) is 2. The van der Waals surface area contributed by atoms with Crippen molar-refractivity contribution in [3.05, 3.63) is 42.5 Å². The number of allylic oxidation sites excluding steroid dienone is 4. The molecule has 0 radical (unpaired) electrons. The smallest absolute Gasteiger partial charge is 0.305 e. The molecule has 0 saturated heterocycles. The van der Waals surface area contributed by atoms with E-state index in [4.69, 9.17) is 4.74 Å². The van der Waals surface area contributed by atoms with E-state index in [2.05, 4.69) is 59.7 Å². The van der Waals surface area contributed by atoms with Crippen LogP contribution in [-0.4, -0.2) is 28.9 Å². The Morgan fingerprint density at radius 3 is 1.60 bits per heavy atom. The molecule has 1 N–H and O–H groups in total. The van der Waals surface area contributed by atoms with Gasteiger partial charge in [0.05, 0.1) is 6.61 Å². The van der Waals surface area contributed by atoms with Gasteiger partial charge in [0.25, 0.3) is 5.82 Å². The fourth-order valence-corrected chi connectivity index (χ4v) is 6.32. The van der Waals surface area contributed by atoms with Crippen LogP contribution in [0.2, 0.25) is 0 Å². The number of aromatic nitrogens is 2. The molecule has 0 spiro atoms. The van der Waals surface area contributed by atoms with E-state index in [1.165, 1.54) is 154 Å². The second-order valence-electron chi connectivity index (χ2n) is 13.7. The topological polar surface area (TPSA) is 55.3 Å². The number of ether oxygens (including phenoxy) is 1. The predicted molar refractivity (Wildman–Crippen MR) is 201 cm³/mol. The van der Waals surface area contributed by atoms with Crippen LogP contribution in [0.1, 0.15) is 193 Å². The minimum Gasteiger partial charge on any atom is -0.461 e. The zero-order valence-electron chi connectivity index (χ0n) is 31.2. The van der Waals surface area contributed by atoms with Gasteiger partial charge in [0.2, 0.25) is 0 Å². The Kier molecular flexibility index (Phi) is 31.2. The first kappa shape index (κ1) is 43.1. The Balaban J connectivity index is 2.08. The summed E-state index contributed by atoms with van der Waals surface area (Å²) in [5.74, 6) is 1.15. The van der Waals surface area contributed by atoms with E-state index in [0.29, 0.717) is 26.1 Å². The molecule has 0 aliphatic heterocycles. The number of rotatable bonds is 35. The summed E-state index contributed by atoms with van der Waals surface area (Å²) in [5, 5.41) is 9.53. The van der Waals surface area contributed by atoms with Gasteiger partial charge in [-0.2, -0.15) is 0 Å². The number of esters is 1. The number of aliphatic hydroxyl groups excluding tert-OH is 1. The maximum atomic E-state index is 12.3. The van der Waals surface area contributed by atoms with Gasteiger partial charge in [-0.1, -0.05) is 141 Å². The molecule has 0 aliphatic rings. The number of imidazole rings is 1. The molecule has 47 heavy (non-hydrogen) atoms. The van der Waals surface area contributed by atoms with Gasteiger partial charge in [-0.15, -0.1) is 0 Å². The molecule has 1 rings (SSSR count). The van der Waals surface area contributed by atoms with Crippen LogP contribution in [0.25, 0.3) is 0 Å². The van der Waals surface area contributed by atoms with Gasteiger partial charge in [0.15, 0.2) is 0 Å². The van der Waals surface area contributed by atoms with Crippen molar-refractivity contribution in [2.75, 3.05) is 13.2 Å². The molecular weight excluding hydrogens is 580 g/mol. The molecule has 0 amide bonds. The molecule has 1 heterocycles. The summed E-state index contributed by atoms with van der Waals surface area (Å²) in [6.07, 6.45) is 48.5. The maximum Gasteiger partial charge on any atom is 0.305 e. The standard InChI is InChI=1S/C42H77N2O3/c1-3-5-7-9-11-13-15-17-19-21-23-25-27-29-31-33-41-43(37-39-45)35-36-44(41)38-40-47-42(46)34-32-30-28-26-24-22-20-18-16-14-12-10-8-6-4-2/h17-20,35-36,45H,3-16,21-34,37-40H2,1-2H3/q+1/b19-17-,20-18-. The molecule has 0 aromatic carbocycles. The van der Waals surface area contributed by atoms with E-state index >= 15 is 0 Å². The van der Waals surface area contributed by atoms with Crippen LogP contribution in [0.15, 0.2) is 36.7 Å². The van der Waals surface area contributed by atoms with Gasteiger partial charge >= 0.3 is 5.97 Å². The van der Waals surface area contributed by atoms with Crippen molar-refractivity contribution in [2.45, 2.75) is 207 Å². The van der Waals surface area contributed by atoms with Gasteiger partial charge in [0.1, 0.15) is 32.1 Å². The van der Waals surface area contributed by atoms with Crippen molar-refractivity contribution in [2.24, 2.45) is 0 Å². The first-order valence-electron chi connectivity index (χ1n) is 20.4. The van der Waals surface area contributed by atoms with E-state index in [1.54, 1.807) is 0 Å². The van der Waals surface area contributed by atoms with E-state index in [0.717, 1.165) is 25.7 Å². The molecule has 0 saturated carbocycles.